The number of anilines is 1. The van der Waals surface area contributed by atoms with Gasteiger partial charge in [-0.1, -0.05) is 39.7 Å². The number of morpholine rings is 1. The summed E-state index contributed by atoms with van der Waals surface area (Å²) in [5, 5.41) is 7.62. The monoisotopic (exact) mass is 546 g/mol. The van der Waals surface area contributed by atoms with Crippen LogP contribution in [0.1, 0.15) is 33.3 Å². The van der Waals surface area contributed by atoms with E-state index in [0.717, 1.165) is 10.0 Å². The van der Waals surface area contributed by atoms with Gasteiger partial charge in [0, 0.05) is 29.7 Å². The zero-order valence-corrected chi connectivity index (χ0v) is 20.9. The van der Waals surface area contributed by atoms with E-state index in [1.807, 2.05) is 25.1 Å². The van der Waals surface area contributed by atoms with Crippen LogP contribution in [0.4, 0.5) is 5.69 Å². The number of benzene rings is 2. The van der Waals surface area contributed by atoms with E-state index in [1.165, 1.54) is 6.20 Å². The van der Waals surface area contributed by atoms with Gasteiger partial charge in [-0.3, -0.25) is 14.3 Å². The molecule has 0 saturated carbocycles. The number of ether oxygens (including phenoxy) is 2. The van der Waals surface area contributed by atoms with Crippen LogP contribution in [0.3, 0.4) is 0 Å². The second-order valence-corrected chi connectivity index (χ2v) is 8.96. The first-order valence-electron chi connectivity index (χ1n) is 10.9. The molecule has 3 aromatic rings. The van der Waals surface area contributed by atoms with Crippen LogP contribution >= 0.6 is 27.5 Å². The van der Waals surface area contributed by atoms with Crippen molar-refractivity contribution in [3.05, 3.63) is 75.0 Å². The van der Waals surface area contributed by atoms with E-state index in [4.69, 9.17) is 21.1 Å². The van der Waals surface area contributed by atoms with E-state index in [-0.39, 0.29) is 11.8 Å². The van der Waals surface area contributed by atoms with Crippen molar-refractivity contribution in [3.63, 3.8) is 0 Å². The maximum atomic E-state index is 13.1. The fourth-order valence-electron chi connectivity index (χ4n) is 3.56. The summed E-state index contributed by atoms with van der Waals surface area (Å²) in [5.74, 6) is 0.0873. The van der Waals surface area contributed by atoms with Gasteiger partial charge in [-0.25, -0.2) is 0 Å². The number of aryl methyl sites for hydroxylation is 1. The lowest BCUT2D eigenvalue weighted by molar-refractivity contribution is 0.0295. The van der Waals surface area contributed by atoms with Crippen LogP contribution in [0.2, 0.25) is 5.02 Å². The average molecular weight is 548 g/mol. The van der Waals surface area contributed by atoms with Gasteiger partial charge in [-0.15, -0.1) is 0 Å². The Balaban J connectivity index is 1.42. The highest BCUT2D eigenvalue weighted by Gasteiger charge is 2.26. The third-order valence-electron chi connectivity index (χ3n) is 5.39. The number of carbonyl (C=O) groups is 2. The van der Waals surface area contributed by atoms with Crippen LogP contribution in [0.15, 0.2) is 53.1 Å². The number of halogens is 2. The molecule has 2 amide bonds. The normalized spacial score (nSPS) is 13.6. The predicted octanol–water partition coefficient (Wildman–Crippen LogP) is 4.62. The lowest BCUT2D eigenvalue weighted by Gasteiger charge is -2.27. The molecule has 1 aliphatic heterocycles. The predicted molar refractivity (Wildman–Crippen MR) is 133 cm³/mol. The van der Waals surface area contributed by atoms with Crippen LogP contribution in [0, 0.1) is 0 Å². The van der Waals surface area contributed by atoms with Gasteiger partial charge in [-0.05, 0) is 42.8 Å². The number of amides is 2. The van der Waals surface area contributed by atoms with Crippen LogP contribution in [0.25, 0.3) is 0 Å². The largest absolute Gasteiger partial charge is 0.487 e. The molecular formula is C24H24BrClN4O4. The molecule has 34 heavy (non-hydrogen) atoms. The fraction of sp³-hybridized carbons (Fsp3) is 0.292. The molecule has 1 saturated heterocycles. The number of carbonyl (C=O) groups excluding carboxylic acids is 2. The quantitative estimate of drug-likeness (QED) is 0.466. The molecule has 1 N–H and O–H groups in total. The number of nitrogens with zero attached hydrogens (tertiary/aromatic N) is 3. The molecule has 8 nitrogen and oxygen atoms in total. The second kappa shape index (κ2) is 11.0. The number of hydrogen-bond acceptors (Lipinski definition) is 5. The molecule has 2 heterocycles. The zero-order valence-electron chi connectivity index (χ0n) is 18.6. The van der Waals surface area contributed by atoms with Crippen molar-refractivity contribution in [2.75, 3.05) is 31.6 Å². The van der Waals surface area contributed by atoms with E-state index in [2.05, 4.69) is 26.3 Å². The maximum Gasteiger partial charge on any atom is 0.274 e. The van der Waals surface area contributed by atoms with Crippen molar-refractivity contribution < 1.29 is 19.1 Å². The van der Waals surface area contributed by atoms with Gasteiger partial charge >= 0.3 is 0 Å². The molecule has 0 atom stereocenters. The van der Waals surface area contributed by atoms with Gasteiger partial charge in [0.05, 0.1) is 30.1 Å². The minimum atomic E-state index is -0.324. The van der Waals surface area contributed by atoms with Crippen molar-refractivity contribution in [2.24, 2.45) is 0 Å². The van der Waals surface area contributed by atoms with Gasteiger partial charge in [0.2, 0.25) is 0 Å². The summed E-state index contributed by atoms with van der Waals surface area (Å²) in [6.45, 7) is 4.74. The highest BCUT2D eigenvalue weighted by Crippen LogP contribution is 2.28. The van der Waals surface area contributed by atoms with Crippen molar-refractivity contribution in [3.8, 4) is 5.75 Å². The standard InChI is InChI=1S/C24H24BrClN4O4/c1-2-30-22(24(32)29-9-11-33-12-10-29)20(14-27-30)28-23(31)17-5-3-16(4-6-17)15-34-21-8-7-18(25)13-19(21)26/h3-8,13-14H,2,9-12,15H2,1H3,(H,28,31). The highest BCUT2D eigenvalue weighted by molar-refractivity contribution is 9.10. The van der Waals surface area contributed by atoms with E-state index in [9.17, 15) is 9.59 Å². The smallest absolute Gasteiger partial charge is 0.274 e. The Labute approximate surface area is 210 Å². The summed E-state index contributed by atoms with van der Waals surface area (Å²) >= 11 is 9.55. The van der Waals surface area contributed by atoms with E-state index >= 15 is 0 Å². The lowest BCUT2D eigenvalue weighted by atomic mass is 10.1. The summed E-state index contributed by atoms with van der Waals surface area (Å²) in [4.78, 5) is 27.7. The van der Waals surface area contributed by atoms with Crippen LogP contribution in [-0.4, -0.2) is 52.8 Å². The van der Waals surface area contributed by atoms with Crippen molar-refractivity contribution in [1.29, 1.82) is 0 Å². The summed E-state index contributed by atoms with van der Waals surface area (Å²) in [5.41, 5.74) is 2.10. The number of hydrogen-bond donors (Lipinski definition) is 1. The molecule has 0 spiro atoms. The Morgan fingerprint density at radius 2 is 1.91 bits per heavy atom. The molecular weight excluding hydrogens is 524 g/mol. The Morgan fingerprint density at radius 3 is 2.59 bits per heavy atom. The van der Waals surface area contributed by atoms with Crippen molar-refractivity contribution in [2.45, 2.75) is 20.1 Å². The van der Waals surface area contributed by atoms with Gasteiger partial charge in [0.15, 0.2) is 0 Å². The van der Waals surface area contributed by atoms with Crippen LogP contribution in [0.5, 0.6) is 5.75 Å². The first-order valence-corrected chi connectivity index (χ1v) is 12.0. The van der Waals surface area contributed by atoms with Gasteiger partial charge in [-0.2, -0.15) is 5.10 Å². The topological polar surface area (TPSA) is 85.7 Å². The molecule has 178 valence electrons. The van der Waals surface area contributed by atoms with Gasteiger partial charge in [0.1, 0.15) is 18.1 Å². The molecule has 0 aliphatic carbocycles. The SMILES string of the molecule is CCn1ncc(NC(=O)c2ccc(COc3ccc(Br)cc3Cl)cc2)c1C(=O)N1CCOCC1. The molecule has 1 fully saturated rings. The fourth-order valence-corrected chi connectivity index (χ4v) is 4.29. The lowest BCUT2D eigenvalue weighted by Crippen LogP contribution is -2.41. The van der Waals surface area contributed by atoms with Crippen molar-refractivity contribution in [1.82, 2.24) is 14.7 Å². The number of rotatable bonds is 7. The van der Waals surface area contributed by atoms with Crippen LogP contribution < -0.4 is 10.1 Å². The Bertz CT molecular complexity index is 1180. The minimum Gasteiger partial charge on any atom is -0.487 e. The molecule has 0 radical (unpaired) electrons. The van der Waals surface area contributed by atoms with E-state index in [1.54, 1.807) is 33.8 Å². The van der Waals surface area contributed by atoms with Gasteiger partial charge in [0.25, 0.3) is 11.8 Å². The third-order valence-corrected chi connectivity index (χ3v) is 6.18. The first-order chi connectivity index (χ1) is 16.5. The minimum absolute atomic E-state index is 0.169. The molecule has 1 aliphatic rings. The molecule has 10 heteroatoms. The first kappa shape index (κ1) is 24.3. The van der Waals surface area contributed by atoms with Crippen LogP contribution in [-0.2, 0) is 17.9 Å². The summed E-state index contributed by atoms with van der Waals surface area (Å²) < 4.78 is 13.6. The molecule has 2 aromatic carbocycles. The summed E-state index contributed by atoms with van der Waals surface area (Å²) in [6, 6.07) is 12.5. The molecule has 1 aromatic heterocycles. The summed E-state index contributed by atoms with van der Waals surface area (Å²) in [7, 11) is 0. The Hall–Kier alpha value is -2.88. The Morgan fingerprint density at radius 1 is 1.18 bits per heavy atom. The Kier molecular flexibility index (Phi) is 7.87. The highest BCUT2D eigenvalue weighted by atomic mass is 79.9. The van der Waals surface area contributed by atoms with E-state index < -0.39 is 0 Å². The second-order valence-electron chi connectivity index (χ2n) is 7.64. The zero-order chi connectivity index (χ0) is 24.1. The number of nitrogens with one attached hydrogen (secondary N) is 1. The number of aromatic nitrogens is 2. The molecule has 4 rings (SSSR count). The maximum absolute atomic E-state index is 13.1. The molecule has 0 unspecified atom stereocenters. The van der Waals surface area contributed by atoms with Gasteiger partial charge < -0.3 is 19.7 Å². The average Bonchev–Trinajstić information content (AvgIpc) is 3.26. The molecule has 0 bridgehead atoms. The van der Waals surface area contributed by atoms with E-state index in [0.29, 0.717) is 67.2 Å². The summed E-state index contributed by atoms with van der Waals surface area (Å²) in [6.07, 6.45) is 1.51. The van der Waals surface area contributed by atoms with Crippen molar-refractivity contribution >= 4 is 45.0 Å². The third kappa shape index (κ3) is 5.60.